The van der Waals surface area contributed by atoms with Gasteiger partial charge in [-0.2, -0.15) is 11.8 Å². The topological polar surface area (TPSA) is 132 Å². The van der Waals surface area contributed by atoms with Crippen molar-refractivity contribution in [3.8, 4) is 0 Å². The lowest BCUT2D eigenvalue weighted by Gasteiger charge is -2.31. The third kappa shape index (κ3) is 6.71. The molecule has 2 aromatic rings. The number of sulfonamides is 1. The molecule has 2 heterocycles. The largest absolute Gasteiger partial charge is 0.478 e. The lowest BCUT2D eigenvalue weighted by Crippen LogP contribution is -2.38. The summed E-state index contributed by atoms with van der Waals surface area (Å²) in [5, 5.41) is 15.6. The number of carbonyl (C=O) groups excluding carboxylic acids is 1. The summed E-state index contributed by atoms with van der Waals surface area (Å²) in [5.74, 6) is -1.32. The van der Waals surface area contributed by atoms with Crippen molar-refractivity contribution in [1.82, 2.24) is 9.21 Å². The molecule has 2 aromatic carbocycles. The summed E-state index contributed by atoms with van der Waals surface area (Å²) < 4.78 is 40.7. The zero-order valence-electron chi connectivity index (χ0n) is 19.1. The van der Waals surface area contributed by atoms with Crippen LogP contribution in [0.15, 0.2) is 65.6 Å². The number of amides is 1. The van der Waals surface area contributed by atoms with E-state index in [1.54, 1.807) is 30.3 Å². The maximum atomic E-state index is 13.4. The average molecular weight is 537 g/mol. The highest BCUT2D eigenvalue weighted by Crippen LogP contribution is 2.38. The van der Waals surface area contributed by atoms with Gasteiger partial charge in [-0.15, -0.1) is 0 Å². The SMILES string of the molecule is O=C(O)C=CC(=O)O.O=C1c2ccccc2S(=O)(=O)N1C(CCN1CCSCC1)c1ccc(F)cc1. The molecule has 0 aliphatic carbocycles. The second-order valence-corrected chi connectivity index (χ2v) is 10.9. The number of thioether (sulfide) groups is 1. The van der Waals surface area contributed by atoms with Gasteiger partial charge in [-0.1, -0.05) is 24.3 Å². The molecule has 0 bridgehead atoms. The molecule has 2 aliphatic heterocycles. The third-order valence-corrected chi connectivity index (χ3v) is 8.38. The fraction of sp³-hybridized carbons (Fsp3) is 0.292. The average Bonchev–Trinajstić information content (AvgIpc) is 3.06. The van der Waals surface area contributed by atoms with Gasteiger partial charge >= 0.3 is 11.9 Å². The molecule has 1 unspecified atom stereocenters. The third-order valence-electron chi connectivity index (χ3n) is 5.58. The maximum absolute atomic E-state index is 13.4. The van der Waals surface area contributed by atoms with Crippen LogP contribution >= 0.6 is 11.8 Å². The molecule has 1 saturated heterocycles. The molecule has 192 valence electrons. The van der Waals surface area contributed by atoms with Gasteiger partial charge in [0.1, 0.15) is 10.7 Å². The second kappa shape index (κ2) is 12.2. The van der Waals surface area contributed by atoms with E-state index in [0.717, 1.165) is 28.9 Å². The van der Waals surface area contributed by atoms with Crippen molar-refractivity contribution in [2.45, 2.75) is 17.4 Å². The first kappa shape index (κ1) is 27.4. The Bertz CT molecular complexity index is 1230. The van der Waals surface area contributed by atoms with Crippen LogP contribution in [-0.2, 0) is 19.6 Å². The van der Waals surface area contributed by atoms with Gasteiger partial charge in [0.25, 0.3) is 15.9 Å². The zero-order chi connectivity index (χ0) is 26.3. The van der Waals surface area contributed by atoms with Gasteiger partial charge < -0.3 is 15.1 Å². The Morgan fingerprint density at radius 1 is 1.00 bits per heavy atom. The number of carbonyl (C=O) groups is 3. The van der Waals surface area contributed by atoms with Crippen LogP contribution in [0.2, 0.25) is 0 Å². The first-order valence-corrected chi connectivity index (χ1v) is 13.6. The first-order chi connectivity index (χ1) is 17.1. The highest BCUT2D eigenvalue weighted by atomic mass is 32.2. The van der Waals surface area contributed by atoms with Crippen LogP contribution in [0.4, 0.5) is 4.39 Å². The Balaban J connectivity index is 0.000000392. The molecule has 0 radical (unpaired) electrons. The quantitative estimate of drug-likeness (QED) is 0.513. The number of nitrogens with zero attached hydrogens (tertiary/aromatic N) is 2. The molecule has 0 spiro atoms. The van der Waals surface area contributed by atoms with Crippen LogP contribution in [-0.4, -0.2) is 76.8 Å². The van der Waals surface area contributed by atoms with Crippen LogP contribution in [0.25, 0.3) is 0 Å². The van der Waals surface area contributed by atoms with Crippen molar-refractivity contribution in [3.63, 3.8) is 0 Å². The molecule has 0 aromatic heterocycles. The van der Waals surface area contributed by atoms with Gasteiger partial charge in [-0.25, -0.2) is 26.7 Å². The second-order valence-electron chi connectivity index (χ2n) is 7.92. The molecule has 2 N–H and O–H groups in total. The van der Waals surface area contributed by atoms with Crippen molar-refractivity contribution in [1.29, 1.82) is 0 Å². The minimum Gasteiger partial charge on any atom is -0.478 e. The molecule has 36 heavy (non-hydrogen) atoms. The van der Waals surface area contributed by atoms with E-state index in [9.17, 15) is 27.2 Å². The number of fused-ring (bicyclic) bond motifs is 1. The first-order valence-electron chi connectivity index (χ1n) is 11.0. The monoisotopic (exact) mass is 536 g/mol. The number of halogens is 1. The van der Waals surface area contributed by atoms with Crippen molar-refractivity contribution in [2.24, 2.45) is 0 Å². The lowest BCUT2D eigenvalue weighted by atomic mass is 10.0. The molecule has 12 heteroatoms. The van der Waals surface area contributed by atoms with Crippen LogP contribution in [0.3, 0.4) is 0 Å². The van der Waals surface area contributed by atoms with Gasteiger partial charge in [-0.05, 0) is 36.2 Å². The standard InChI is InChI=1S/C20H21FN2O3S2.C4H4O4/c21-16-7-5-15(6-8-16)18(9-10-22-11-13-27-14-12-22)23-20(24)17-3-1-2-4-19(17)28(23,25)26;5-3(6)1-2-4(7)8/h1-8,18H,9-14H2;1-2H,(H,5,6)(H,7,8). The summed E-state index contributed by atoms with van der Waals surface area (Å²) in [5.41, 5.74) is 0.821. The molecule has 4 rings (SSSR count). The van der Waals surface area contributed by atoms with E-state index in [0.29, 0.717) is 30.7 Å². The lowest BCUT2D eigenvalue weighted by molar-refractivity contribution is -0.134. The minimum atomic E-state index is -3.94. The Kier molecular flexibility index (Phi) is 9.24. The summed E-state index contributed by atoms with van der Waals surface area (Å²) in [6.45, 7) is 2.57. The Morgan fingerprint density at radius 3 is 2.14 bits per heavy atom. The number of aliphatic carboxylic acids is 2. The summed E-state index contributed by atoms with van der Waals surface area (Å²) in [4.78, 5) is 34.4. The van der Waals surface area contributed by atoms with E-state index in [2.05, 4.69) is 4.90 Å². The van der Waals surface area contributed by atoms with Crippen LogP contribution < -0.4 is 0 Å². The fourth-order valence-electron chi connectivity index (χ4n) is 3.89. The molecular weight excluding hydrogens is 511 g/mol. The summed E-state index contributed by atoms with van der Waals surface area (Å²) in [6.07, 6.45) is 1.58. The fourth-order valence-corrected chi connectivity index (χ4v) is 6.64. The predicted octanol–water partition coefficient (Wildman–Crippen LogP) is 2.86. The predicted molar refractivity (Wildman–Crippen MR) is 132 cm³/mol. The Labute approximate surface area is 212 Å². The zero-order valence-corrected chi connectivity index (χ0v) is 20.8. The molecule has 2 aliphatic rings. The van der Waals surface area contributed by atoms with Gasteiger partial charge in [0.15, 0.2) is 0 Å². The normalized spacial score (nSPS) is 17.8. The van der Waals surface area contributed by atoms with E-state index in [-0.39, 0.29) is 10.5 Å². The number of hydrogen-bond donors (Lipinski definition) is 2. The smallest absolute Gasteiger partial charge is 0.328 e. The van der Waals surface area contributed by atoms with Crippen molar-refractivity contribution < 1.29 is 37.4 Å². The summed E-state index contributed by atoms with van der Waals surface area (Å²) >= 11 is 1.90. The maximum Gasteiger partial charge on any atom is 0.328 e. The molecular formula is C24H25FN2O7S2. The van der Waals surface area contributed by atoms with E-state index in [4.69, 9.17) is 10.2 Å². The summed E-state index contributed by atoms with van der Waals surface area (Å²) in [7, 11) is -3.94. The van der Waals surface area contributed by atoms with Gasteiger partial charge in [0, 0.05) is 43.3 Å². The minimum absolute atomic E-state index is 0.0430. The highest BCUT2D eigenvalue weighted by molar-refractivity contribution is 7.99. The number of benzene rings is 2. The van der Waals surface area contributed by atoms with E-state index in [1.165, 1.54) is 18.2 Å². The Hall–Kier alpha value is -3.22. The Morgan fingerprint density at radius 2 is 1.58 bits per heavy atom. The van der Waals surface area contributed by atoms with Crippen molar-refractivity contribution >= 4 is 39.6 Å². The van der Waals surface area contributed by atoms with Crippen LogP contribution in [0, 0.1) is 5.82 Å². The molecule has 0 saturated carbocycles. The molecule has 1 atom stereocenters. The molecule has 9 nitrogen and oxygen atoms in total. The van der Waals surface area contributed by atoms with Gasteiger partial charge in [0.2, 0.25) is 0 Å². The molecule has 1 fully saturated rings. The van der Waals surface area contributed by atoms with E-state index < -0.39 is 39.7 Å². The van der Waals surface area contributed by atoms with Crippen LogP contribution in [0.1, 0.15) is 28.4 Å². The summed E-state index contributed by atoms with van der Waals surface area (Å²) in [6, 6.07) is 11.4. The highest BCUT2D eigenvalue weighted by Gasteiger charge is 2.45. The number of carboxylic acids is 2. The van der Waals surface area contributed by atoms with Crippen LogP contribution in [0.5, 0.6) is 0 Å². The molecule has 1 amide bonds. The number of carboxylic acid groups (broad SMARTS) is 2. The van der Waals surface area contributed by atoms with Gasteiger partial charge in [-0.3, -0.25) is 4.79 Å². The van der Waals surface area contributed by atoms with Crippen molar-refractivity contribution in [3.05, 3.63) is 77.6 Å². The number of rotatable bonds is 7. The van der Waals surface area contributed by atoms with E-state index >= 15 is 0 Å². The van der Waals surface area contributed by atoms with E-state index in [1.807, 2.05) is 11.8 Å². The number of hydrogen-bond acceptors (Lipinski definition) is 7. The van der Waals surface area contributed by atoms with Gasteiger partial charge in [0.05, 0.1) is 11.6 Å². The van der Waals surface area contributed by atoms with Crippen molar-refractivity contribution in [2.75, 3.05) is 31.1 Å².